The van der Waals surface area contributed by atoms with Gasteiger partial charge in [0.25, 0.3) is 0 Å². The first-order valence-corrected chi connectivity index (χ1v) is 11.9. The molecule has 9 nitrogen and oxygen atoms in total. The van der Waals surface area contributed by atoms with E-state index in [-0.39, 0.29) is 11.9 Å². The lowest BCUT2D eigenvalue weighted by Crippen LogP contribution is -2.26. The third-order valence-corrected chi connectivity index (χ3v) is 5.67. The molecule has 32 heavy (non-hydrogen) atoms. The Morgan fingerprint density at radius 2 is 1.69 bits per heavy atom. The predicted octanol–water partition coefficient (Wildman–Crippen LogP) is 3.17. The van der Waals surface area contributed by atoms with Crippen LogP contribution in [0.4, 0.5) is 5.69 Å². The summed E-state index contributed by atoms with van der Waals surface area (Å²) < 4.78 is 41.6. The molecule has 0 bridgehead atoms. The molecule has 0 aromatic heterocycles. The zero-order valence-corrected chi connectivity index (χ0v) is 19.5. The van der Waals surface area contributed by atoms with Crippen molar-refractivity contribution in [2.45, 2.75) is 25.8 Å². The smallest absolute Gasteiger partial charge is 0.242 e. The Labute approximate surface area is 188 Å². The second-order valence-electron chi connectivity index (χ2n) is 7.27. The first-order chi connectivity index (χ1) is 15.2. The predicted molar refractivity (Wildman–Crippen MR) is 122 cm³/mol. The summed E-state index contributed by atoms with van der Waals surface area (Å²) in [4.78, 5) is 12.7. The van der Waals surface area contributed by atoms with Gasteiger partial charge in [-0.2, -0.15) is 5.10 Å². The van der Waals surface area contributed by atoms with Crippen LogP contribution in [0.3, 0.4) is 0 Å². The van der Waals surface area contributed by atoms with Crippen molar-refractivity contribution in [3.63, 3.8) is 0 Å². The van der Waals surface area contributed by atoms with E-state index < -0.39 is 10.0 Å². The lowest BCUT2D eigenvalue weighted by molar-refractivity contribution is -0.132. The number of ether oxygens (including phenoxy) is 3. The molecule has 10 heteroatoms. The largest absolute Gasteiger partial charge is 0.493 e. The Bertz CT molecular complexity index is 1100. The monoisotopic (exact) mass is 461 g/mol. The Balaban J connectivity index is 1.97. The van der Waals surface area contributed by atoms with Crippen LogP contribution in [0, 0.1) is 0 Å². The third-order valence-electron chi connectivity index (χ3n) is 5.06. The number of methoxy groups -OCH3 is 3. The highest BCUT2D eigenvalue weighted by molar-refractivity contribution is 7.92. The van der Waals surface area contributed by atoms with E-state index in [2.05, 4.69) is 9.82 Å². The summed E-state index contributed by atoms with van der Waals surface area (Å²) in [5.41, 5.74) is 2.78. The number of rotatable bonds is 8. The van der Waals surface area contributed by atoms with Gasteiger partial charge >= 0.3 is 0 Å². The maximum atomic E-state index is 12.7. The van der Waals surface area contributed by atoms with Crippen molar-refractivity contribution >= 4 is 27.3 Å². The summed E-state index contributed by atoms with van der Waals surface area (Å²) in [6.45, 7) is 1.79. The van der Waals surface area contributed by atoms with Crippen molar-refractivity contribution < 1.29 is 27.4 Å². The fourth-order valence-corrected chi connectivity index (χ4v) is 4.14. The average Bonchev–Trinajstić information content (AvgIpc) is 3.22. The molecule has 1 heterocycles. The number of hydrogen-bond donors (Lipinski definition) is 1. The standard InChI is InChI=1S/C22H27N3O6S/c1-6-21(26)25-18(15-11-19(29-2)22(31-4)20(12-15)30-3)13-17(23-25)14-7-9-16(10-8-14)24-32(5,27)28/h7-12,18,24H,6,13H2,1-5H3. The van der Waals surface area contributed by atoms with Crippen LogP contribution in [-0.2, 0) is 14.8 Å². The van der Waals surface area contributed by atoms with E-state index in [9.17, 15) is 13.2 Å². The molecule has 3 rings (SSSR count). The number of anilines is 1. The van der Waals surface area contributed by atoms with Gasteiger partial charge in [-0.3, -0.25) is 9.52 Å². The topological polar surface area (TPSA) is 107 Å². The maximum absolute atomic E-state index is 12.7. The molecular formula is C22H27N3O6S. The first kappa shape index (κ1) is 23.4. The molecule has 0 aliphatic carbocycles. The molecule has 1 aliphatic heterocycles. The highest BCUT2D eigenvalue weighted by Gasteiger charge is 2.33. The van der Waals surface area contributed by atoms with Crippen molar-refractivity contribution in [1.29, 1.82) is 0 Å². The molecule has 1 N–H and O–H groups in total. The van der Waals surface area contributed by atoms with Crippen LogP contribution in [0.25, 0.3) is 0 Å². The van der Waals surface area contributed by atoms with Gasteiger partial charge in [0, 0.05) is 18.5 Å². The highest BCUT2D eigenvalue weighted by atomic mass is 32.2. The Morgan fingerprint density at radius 1 is 1.09 bits per heavy atom. The second kappa shape index (κ2) is 9.47. The molecule has 1 atom stereocenters. The molecule has 1 unspecified atom stereocenters. The lowest BCUT2D eigenvalue weighted by atomic mass is 9.97. The Hall–Kier alpha value is -3.27. The number of hydrogen-bond acceptors (Lipinski definition) is 7. The molecule has 0 saturated carbocycles. The lowest BCUT2D eigenvalue weighted by Gasteiger charge is -2.23. The SMILES string of the molecule is CCC(=O)N1N=C(c2ccc(NS(C)(=O)=O)cc2)CC1c1cc(OC)c(OC)c(OC)c1. The van der Waals surface area contributed by atoms with E-state index in [1.54, 1.807) is 45.4 Å². The molecule has 2 aromatic rings. The normalized spacial score (nSPS) is 15.8. The van der Waals surface area contributed by atoms with Crippen LogP contribution in [0.1, 0.15) is 36.9 Å². The summed E-state index contributed by atoms with van der Waals surface area (Å²) in [7, 11) is 1.25. The van der Waals surface area contributed by atoms with Gasteiger partial charge in [0.05, 0.1) is 39.3 Å². The quantitative estimate of drug-likeness (QED) is 0.647. The van der Waals surface area contributed by atoms with E-state index in [4.69, 9.17) is 14.2 Å². The van der Waals surface area contributed by atoms with E-state index in [0.717, 1.165) is 23.1 Å². The fourth-order valence-electron chi connectivity index (χ4n) is 3.57. The van der Waals surface area contributed by atoms with Crippen LogP contribution in [-0.4, -0.2) is 52.6 Å². The molecule has 0 spiro atoms. The van der Waals surface area contributed by atoms with Crippen LogP contribution >= 0.6 is 0 Å². The van der Waals surface area contributed by atoms with Crippen molar-refractivity contribution in [2.75, 3.05) is 32.3 Å². The number of hydrazone groups is 1. The minimum atomic E-state index is -3.36. The molecule has 172 valence electrons. The van der Waals surface area contributed by atoms with E-state index in [1.807, 2.05) is 12.1 Å². The number of nitrogens with one attached hydrogen (secondary N) is 1. The average molecular weight is 462 g/mol. The zero-order chi connectivity index (χ0) is 23.5. The van der Waals surface area contributed by atoms with Gasteiger partial charge in [-0.25, -0.2) is 13.4 Å². The number of nitrogens with zero attached hydrogens (tertiary/aromatic N) is 2. The van der Waals surface area contributed by atoms with Gasteiger partial charge in [-0.1, -0.05) is 19.1 Å². The van der Waals surface area contributed by atoms with E-state index >= 15 is 0 Å². The summed E-state index contributed by atoms with van der Waals surface area (Å²) >= 11 is 0. The summed E-state index contributed by atoms with van der Waals surface area (Å²) in [5, 5.41) is 6.08. The minimum Gasteiger partial charge on any atom is -0.493 e. The van der Waals surface area contributed by atoms with Crippen molar-refractivity contribution in [3.8, 4) is 17.2 Å². The van der Waals surface area contributed by atoms with Gasteiger partial charge in [0.2, 0.25) is 21.7 Å². The number of benzene rings is 2. The third kappa shape index (κ3) is 4.96. The Morgan fingerprint density at radius 3 is 2.16 bits per heavy atom. The van der Waals surface area contributed by atoms with Gasteiger partial charge in [-0.15, -0.1) is 0 Å². The number of sulfonamides is 1. The van der Waals surface area contributed by atoms with Crippen LogP contribution < -0.4 is 18.9 Å². The Kier molecular flexibility index (Phi) is 6.93. The van der Waals surface area contributed by atoms with Gasteiger partial charge in [0.15, 0.2) is 11.5 Å². The minimum absolute atomic E-state index is 0.117. The molecule has 0 radical (unpaired) electrons. The molecule has 1 amide bonds. The van der Waals surface area contributed by atoms with Crippen molar-refractivity contribution in [2.24, 2.45) is 5.10 Å². The molecular weight excluding hydrogens is 434 g/mol. The van der Waals surface area contributed by atoms with Gasteiger partial charge in [0.1, 0.15) is 0 Å². The van der Waals surface area contributed by atoms with Crippen molar-refractivity contribution in [1.82, 2.24) is 5.01 Å². The van der Waals surface area contributed by atoms with Crippen LogP contribution in [0.15, 0.2) is 41.5 Å². The number of carbonyl (C=O) groups is 1. The summed E-state index contributed by atoms with van der Waals surface area (Å²) in [6.07, 6.45) is 1.87. The fraction of sp³-hybridized carbons (Fsp3) is 0.364. The summed E-state index contributed by atoms with van der Waals surface area (Å²) in [5.74, 6) is 1.35. The molecule has 0 saturated heterocycles. The van der Waals surface area contributed by atoms with E-state index in [0.29, 0.717) is 35.8 Å². The van der Waals surface area contributed by atoms with Gasteiger partial charge in [-0.05, 0) is 35.4 Å². The number of amides is 1. The van der Waals surface area contributed by atoms with Crippen molar-refractivity contribution in [3.05, 3.63) is 47.5 Å². The van der Waals surface area contributed by atoms with Crippen LogP contribution in [0.2, 0.25) is 0 Å². The van der Waals surface area contributed by atoms with Crippen LogP contribution in [0.5, 0.6) is 17.2 Å². The number of carbonyl (C=O) groups excluding carboxylic acids is 1. The molecule has 0 fully saturated rings. The second-order valence-corrected chi connectivity index (χ2v) is 9.02. The van der Waals surface area contributed by atoms with E-state index in [1.165, 1.54) is 12.1 Å². The highest BCUT2D eigenvalue weighted by Crippen LogP contribution is 2.43. The molecule has 1 aliphatic rings. The first-order valence-electron chi connectivity index (χ1n) is 9.98. The van der Waals surface area contributed by atoms with Gasteiger partial charge < -0.3 is 14.2 Å². The molecule has 2 aromatic carbocycles. The zero-order valence-electron chi connectivity index (χ0n) is 18.7. The summed E-state index contributed by atoms with van der Waals surface area (Å²) in [6, 6.07) is 10.2. The maximum Gasteiger partial charge on any atom is 0.242 e.